The molecule has 226 valence electrons. The summed E-state index contributed by atoms with van der Waals surface area (Å²) in [6.45, 7) is 4.67. The van der Waals surface area contributed by atoms with Crippen LogP contribution in [0.25, 0.3) is 20.8 Å². The number of ketones is 1. The van der Waals surface area contributed by atoms with E-state index in [2.05, 4.69) is 16.5 Å². The van der Waals surface area contributed by atoms with Crippen molar-refractivity contribution in [3.8, 4) is 22.1 Å². The molecule has 0 N–H and O–H groups in total. The van der Waals surface area contributed by atoms with Gasteiger partial charge in [-0.05, 0) is 73.6 Å². The number of thiophene rings is 1. The molecule has 4 aromatic rings. The maximum Gasteiger partial charge on any atom is 0.255 e. The van der Waals surface area contributed by atoms with Crippen LogP contribution in [0.15, 0.2) is 67.5 Å². The first-order valence-electron chi connectivity index (χ1n) is 14.8. The van der Waals surface area contributed by atoms with Crippen molar-refractivity contribution in [2.75, 3.05) is 20.1 Å². The van der Waals surface area contributed by atoms with Gasteiger partial charge in [-0.3, -0.25) is 24.4 Å². The van der Waals surface area contributed by atoms with Gasteiger partial charge in [0.2, 0.25) is 5.91 Å². The molecule has 1 aliphatic carbocycles. The molecular formula is C34H33FN4O4S. The number of amides is 2. The van der Waals surface area contributed by atoms with Crippen LogP contribution < -0.4 is 4.74 Å². The molecule has 6 rings (SSSR count). The Morgan fingerprint density at radius 1 is 1.07 bits per heavy atom. The zero-order valence-corrected chi connectivity index (χ0v) is 25.3. The second-order valence-electron chi connectivity index (χ2n) is 11.5. The van der Waals surface area contributed by atoms with E-state index in [4.69, 9.17) is 4.74 Å². The first-order valence-corrected chi connectivity index (χ1v) is 15.6. The summed E-state index contributed by atoms with van der Waals surface area (Å²) >= 11 is 1.42. The van der Waals surface area contributed by atoms with Gasteiger partial charge in [0.05, 0.1) is 26.4 Å². The highest BCUT2D eigenvalue weighted by atomic mass is 32.1. The molecule has 1 aromatic carbocycles. The van der Waals surface area contributed by atoms with Crippen LogP contribution >= 0.6 is 11.3 Å². The third-order valence-corrected chi connectivity index (χ3v) is 9.45. The fourth-order valence-corrected chi connectivity index (χ4v) is 6.59. The number of piperidine rings is 1. The van der Waals surface area contributed by atoms with Crippen LogP contribution in [0, 0.1) is 11.7 Å². The third-order valence-electron chi connectivity index (χ3n) is 8.29. The number of carbonyl (C=O) groups is 3. The standard InChI is InChI=1S/C34H33FN4O4S/c1-3-32(41)38(2)24-11-14-39(15-12-24)34(42)23-7-8-27(37-20-23)31-19-28-33(44-31)30(10-13-36-28)43-29-9-6-22(18-26(29)35)17-25(40)16-21-4-5-21/h3,6-10,13,18-21,24H,1,4-5,11-12,14-17H2,2H3. The van der Waals surface area contributed by atoms with Gasteiger partial charge in [0, 0.05) is 57.5 Å². The van der Waals surface area contributed by atoms with Crippen LogP contribution in [0.3, 0.4) is 0 Å². The summed E-state index contributed by atoms with van der Waals surface area (Å²) in [6.07, 6.45) is 8.94. The summed E-state index contributed by atoms with van der Waals surface area (Å²) < 4.78 is 21.7. The molecule has 1 saturated carbocycles. The van der Waals surface area contributed by atoms with Crippen molar-refractivity contribution in [3.05, 3.63) is 84.5 Å². The largest absolute Gasteiger partial charge is 0.453 e. The second-order valence-corrected chi connectivity index (χ2v) is 12.5. The molecule has 2 aliphatic rings. The number of hydrogen-bond acceptors (Lipinski definition) is 7. The lowest BCUT2D eigenvalue weighted by Gasteiger charge is -2.36. The second kappa shape index (κ2) is 12.7. The quantitative estimate of drug-likeness (QED) is 0.191. The molecule has 2 amide bonds. The molecule has 1 saturated heterocycles. The van der Waals surface area contributed by atoms with E-state index >= 15 is 0 Å². The van der Waals surface area contributed by atoms with E-state index in [9.17, 15) is 18.8 Å². The van der Waals surface area contributed by atoms with Gasteiger partial charge in [0.25, 0.3) is 5.91 Å². The summed E-state index contributed by atoms with van der Waals surface area (Å²) in [5, 5.41) is 0. The van der Waals surface area contributed by atoms with Crippen molar-refractivity contribution in [1.82, 2.24) is 19.8 Å². The Labute approximate surface area is 259 Å². The van der Waals surface area contributed by atoms with Crippen LogP contribution in [-0.2, 0) is 16.0 Å². The van der Waals surface area contributed by atoms with Gasteiger partial charge in [0.1, 0.15) is 11.5 Å². The number of nitrogens with zero attached hydrogens (tertiary/aromatic N) is 4. The monoisotopic (exact) mass is 612 g/mol. The topological polar surface area (TPSA) is 92.7 Å². The SMILES string of the molecule is C=CC(=O)N(C)C1CCN(C(=O)c2ccc(-c3cc4nccc(Oc5ccc(CC(=O)CC6CC6)cc5F)c4s3)nc2)CC1. The van der Waals surface area contributed by atoms with E-state index < -0.39 is 5.82 Å². The van der Waals surface area contributed by atoms with Gasteiger partial charge in [-0.15, -0.1) is 11.3 Å². The van der Waals surface area contributed by atoms with Gasteiger partial charge in [-0.2, -0.15) is 0 Å². The molecule has 2 fully saturated rings. The number of likely N-dealkylation sites (N-methyl/N-ethyl adjacent to an activating group) is 1. The van der Waals surface area contributed by atoms with Gasteiger partial charge in [-0.1, -0.05) is 12.6 Å². The van der Waals surface area contributed by atoms with E-state index in [0.29, 0.717) is 66.4 Å². The molecule has 0 radical (unpaired) electrons. The zero-order chi connectivity index (χ0) is 30.8. The fourth-order valence-electron chi connectivity index (χ4n) is 5.55. The Balaban J connectivity index is 1.12. The van der Waals surface area contributed by atoms with E-state index in [-0.39, 0.29) is 35.8 Å². The summed E-state index contributed by atoms with van der Waals surface area (Å²) in [4.78, 5) is 50.6. The molecule has 4 heterocycles. The normalized spacial score (nSPS) is 15.3. The highest BCUT2D eigenvalue weighted by Gasteiger charge is 2.28. The molecule has 1 aliphatic heterocycles. The number of hydrogen-bond donors (Lipinski definition) is 0. The van der Waals surface area contributed by atoms with E-state index in [1.807, 2.05) is 12.1 Å². The first-order chi connectivity index (χ1) is 21.3. The van der Waals surface area contributed by atoms with Crippen LogP contribution in [0.4, 0.5) is 4.39 Å². The molecule has 0 unspecified atom stereocenters. The number of ether oxygens (including phenoxy) is 1. The van der Waals surface area contributed by atoms with Crippen molar-refractivity contribution in [3.63, 3.8) is 0 Å². The fraction of sp³-hybridized carbons (Fsp3) is 0.324. The van der Waals surface area contributed by atoms with Crippen molar-refractivity contribution < 1.29 is 23.5 Å². The van der Waals surface area contributed by atoms with Crippen molar-refractivity contribution in [2.45, 2.75) is 44.6 Å². The highest BCUT2D eigenvalue weighted by Crippen LogP contribution is 2.39. The molecule has 0 spiro atoms. The number of likely N-dealkylation sites (tertiary alicyclic amines) is 1. The summed E-state index contributed by atoms with van der Waals surface area (Å²) in [6, 6.07) is 11.9. The maximum absolute atomic E-state index is 15.0. The Kier molecular flexibility index (Phi) is 8.52. The summed E-state index contributed by atoms with van der Waals surface area (Å²) in [5.74, 6) is 0.474. The van der Waals surface area contributed by atoms with Gasteiger partial charge in [0.15, 0.2) is 11.6 Å². The van der Waals surface area contributed by atoms with E-state index in [1.54, 1.807) is 53.5 Å². The molecule has 0 bridgehead atoms. The average Bonchev–Trinajstić information content (AvgIpc) is 3.74. The lowest BCUT2D eigenvalue weighted by Crippen LogP contribution is -2.47. The lowest BCUT2D eigenvalue weighted by atomic mass is 10.0. The number of Topliss-reactive ketones (excluding diaryl/α,β-unsaturated/α-hetero) is 1. The lowest BCUT2D eigenvalue weighted by molar-refractivity contribution is -0.127. The average molecular weight is 613 g/mol. The van der Waals surface area contributed by atoms with Crippen LogP contribution in [0.2, 0.25) is 0 Å². The Hall–Kier alpha value is -4.44. The van der Waals surface area contributed by atoms with Crippen molar-refractivity contribution in [2.24, 2.45) is 5.92 Å². The van der Waals surface area contributed by atoms with Gasteiger partial charge in [-0.25, -0.2) is 4.39 Å². The minimum Gasteiger partial charge on any atom is -0.453 e. The van der Waals surface area contributed by atoms with Crippen LogP contribution in [0.1, 0.15) is 48.0 Å². The first kappa shape index (κ1) is 29.6. The van der Waals surface area contributed by atoms with Crippen LogP contribution in [0.5, 0.6) is 11.5 Å². The van der Waals surface area contributed by atoms with Gasteiger partial charge < -0.3 is 14.5 Å². The number of pyridine rings is 2. The van der Waals surface area contributed by atoms with Crippen molar-refractivity contribution in [1.29, 1.82) is 0 Å². The highest BCUT2D eigenvalue weighted by molar-refractivity contribution is 7.22. The van der Waals surface area contributed by atoms with Crippen LogP contribution in [-0.4, -0.2) is 63.5 Å². The molecule has 8 nitrogen and oxygen atoms in total. The maximum atomic E-state index is 15.0. The third kappa shape index (κ3) is 6.55. The molecule has 10 heteroatoms. The van der Waals surface area contributed by atoms with Crippen molar-refractivity contribution >= 4 is 39.2 Å². The number of fused-ring (bicyclic) bond motifs is 1. The Bertz CT molecular complexity index is 1730. The molecule has 3 aromatic heterocycles. The zero-order valence-electron chi connectivity index (χ0n) is 24.5. The summed E-state index contributed by atoms with van der Waals surface area (Å²) in [5.41, 5.74) is 2.52. The number of halogens is 1. The summed E-state index contributed by atoms with van der Waals surface area (Å²) in [7, 11) is 1.77. The predicted octanol–water partition coefficient (Wildman–Crippen LogP) is 6.45. The predicted molar refractivity (Wildman–Crippen MR) is 167 cm³/mol. The Morgan fingerprint density at radius 2 is 1.86 bits per heavy atom. The van der Waals surface area contributed by atoms with E-state index in [0.717, 1.165) is 22.4 Å². The molecule has 44 heavy (non-hydrogen) atoms. The smallest absolute Gasteiger partial charge is 0.255 e. The molecule has 0 atom stereocenters. The number of benzene rings is 1. The Morgan fingerprint density at radius 3 is 2.55 bits per heavy atom. The number of rotatable bonds is 10. The minimum atomic E-state index is -0.521. The number of aromatic nitrogens is 2. The van der Waals surface area contributed by atoms with Gasteiger partial charge >= 0.3 is 0 Å². The molecular weight excluding hydrogens is 579 g/mol. The minimum absolute atomic E-state index is 0.0785. The van der Waals surface area contributed by atoms with E-state index in [1.165, 1.54) is 23.5 Å². The number of carbonyl (C=O) groups excluding carboxylic acids is 3.